The van der Waals surface area contributed by atoms with Gasteiger partial charge in [0.05, 0.1) is 5.69 Å². The van der Waals surface area contributed by atoms with Crippen molar-refractivity contribution in [2.75, 3.05) is 16.8 Å². The summed E-state index contributed by atoms with van der Waals surface area (Å²) >= 11 is 0. The maximum absolute atomic E-state index is 13.8. The molecule has 2 heterocycles. The van der Waals surface area contributed by atoms with E-state index in [9.17, 15) is 27.2 Å². The highest BCUT2D eigenvalue weighted by atomic mass is 19.4. The molecule has 0 radical (unpaired) electrons. The second-order valence-electron chi connectivity index (χ2n) is 6.10. The molecule has 154 valence electrons. The first kappa shape index (κ1) is 20.6. The van der Waals surface area contributed by atoms with Gasteiger partial charge in [0.2, 0.25) is 5.96 Å². The first-order valence-corrected chi connectivity index (χ1v) is 8.05. The fourth-order valence-electron chi connectivity index (χ4n) is 2.89. The Morgan fingerprint density at radius 1 is 1.13 bits per heavy atom. The van der Waals surface area contributed by atoms with E-state index in [-0.39, 0.29) is 40.0 Å². The van der Waals surface area contributed by atoms with Crippen molar-refractivity contribution < 1.29 is 22.0 Å². The Labute approximate surface area is 165 Å². The summed E-state index contributed by atoms with van der Waals surface area (Å²) in [5.74, 6) is -5.55. The number of pyridine rings is 1. The van der Waals surface area contributed by atoms with Crippen LogP contribution in [-0.2, 0) is 5.92 Å². The fraction of sp³-hybridized carbons (Fsp3) is 0.176. The van der Waals surface area contributed by atoms with Gasteiger partial charge in [-0.2, -0.15) is 32.5 Å². The van der Waals surface area contributed by atoms with Crippen LogP contribution in [0.5, 0.6) is 0 Å². The quantitative estimate of drug-likeness (QED) is 0.330. The summed E-state index contributed by atoms with van der Waals surface area (Å²) in [7, 11) is 0. The third kappa shape index (κ3) is 3.26. The second kappa shape index (κ2) is 7.04. The number of rotatable bonds is 2. The van der Waals surface area contributed by atoms with Gasteiger partial charge >= 0.3 is 12.1 Å². The smallest absolute Gasteiger partial charge is 0.397 e. The molecule has 0 spiro atoms. The monoisotopic (exact) mass is 422 g/mol. The van der Waals surface area contributed by atoms with E-state index < -0.39 is 23.7 Å². The highest BCUT2D eigenvalue weighted by Crippen LogP contribution is 2.46. The van der Waals surface area contributed by atoms with Crippen LogP contribution >= 0.6 is 0 Å². The zero-order valence-corrected chi connectivity index (χ0v) is 14.7. The molecule has 30 heavy (non-hydrogen) atoms. The number of nitrogens with two attached hydrogens (primary N) is 2. The molecule has 0 amide bonds. The normalized spacial score (nSPS) is 15.8. The lowest BCUT2D eigenvalue weighted by Gasteiger charge is -2.27. The number of aromatic nitrogens is 1. The van der Waals surface area contributed by atoms with E-state index in [1.54, 1.807) is 12.3 Å². The number of halogens is 5. The number of guanidine groups is 1. The lowest BCUT2D eigenvalue weighted by Crippen LogP contribution is -2.34. The van der Waals surface area contributed by atoms with Crippen LogP contribution in [0.25, 0.3) is 0 Å². The lowest BCUT2D eigenvalue weighted by atomic mass is 9.93. The molecule has 6 N–H and O–H groups in total. The van der Waals surface area contributed by atoms with E-state index in [1.807, 2.05) is 0 Å². The summed E-state index contributed by atoms with van der Waals surface area (Å²) in [6.45, 7) is 0. The summed E-state index contributed by atoms with van der Waals surface area (Å²) in [5.41, 5.74) is 9.93. The summed E-state index contributed by atoms with van der Waals surface area (Å²) in [4.78, 5) is 8.08. The van der Waals surface area contributed by atoms with Crippen molar-refractivity contribution in [1.29, 1.82) is 10.5 Å². The van der Waals surface area contributed by atoms with Gasteiger partial charge in [-0.1, -0.05) is 18.2 Å². The van der Waals surface area contributed by atoms with E-state index in [2.05, 4.69) is 20.6 Å². The fourth-order valence-corrected chi connectivity index (χ4v) is 2.89. The molecule has 1 aliphatic rings. The van der Waals surface area contributed by atoms with Gasteiger partial charge in [-0.15, -0.1) is 0 Å². The molecule has 1 aromatic carbocycles. The summed E-state index contributed by atoms with van der Waals surface area (Å²) in [6, 6.07) is 4.02. The number of alkyl halides is 5. The number of nitriles is 2. The lowest BCUT2D eigenvalue weighted by molar-refractivity contribution is -0.289. The zero-order valence-electron chi connectivity index (χ0n) is 14.7. The van der Waals surface area contributed by atoms with Gasteiger partial charge in [0.15, 0.2) is 6.19 Å². The SMILES string of the molecule is N#CNC1=NC(c2cccc(C(F)(F)C(F)(F)F)c2)c2c(nc(N)c(C#N)c2N)N1. The minimum atomic E-state index is -5.81. The molecule has 2 aromatic rings. The van der Waals surface area contributed by atoms with E-state index in [0.29, 0.717) is 12.1 Å². The first-order valence-electron chi connectivity index (χ1n) is 8.05. The Bertz CT molecular complexity index is 1130. The molecule has 0 saturated carbocycles. The third-order valence-corrected chi connectivity index (χ3v) is 4.28. The van der Waals surface area contributed by atoms with Crippen LogP contribution in [0.15, 0.2) is 29.3 Å². The summed E-state index contributed by atoms with van der Waals surface area (Å²) in [5, 5.41) is 22.9. The van der Waals surface area contributed by atoms with Crippen LogP contribution in [-0.4, -0.2) is 17.1 Å². The highest BCUT2D eigenvalue weighted by molar-refractivity contribution is 5.98. The molecule has 1 unspecified atom stereocenters. The van der Waals surface area contributed by atoms with Gasteiger partial charge in [0.1, 0.15) is 29.3 Å². The molecule has 1 aliphatic heterocycles. The Kier molecular flexibility index (Phi) is 4.83. The predicted molar refractivity (Wildman–Crippen MR) is 95.8 cm³/mol. The zero-order chi connectivity index (χ0) is 22.3. The molecule has 8 nitrogen and oxygen atoms in total. The molecule has 1 atom stereocenters. The Morgan fingerprint density at radius 2 is 1.83 bits per heavy atom. The van der Waals surface area contributed by atoms with Gasteiger partial charge in [-0.25, -0.2) is 9.98 Å². The number of aliphatic imine (C=N–C) groups is 1. The number of nitrogen functional groups attached to an aromatic ring is 2. The molecular weight excluding hydrogens is 411 g/mol. The number of fused-ring (bicyclic) bond motifs is 1. The van der Waals surface area contributed by atoms with Crippen molar-refractivity contribution in [3.05, 3.63) is 46.5 Å². The molecule has 0 fully saturated rings. The van der Waals surface area contributed by atoms with Crippen LogP contribution < -0.4 is 22.1 Å². The topological polar surface area (TPSA) is 149 Å². The van der Waals surface area contributed by atoms with Gasteiger partial charge in [-0.05, 0) is 11.6 Å². The maximum Gasteiger partial charge on any atom is 0.458 e. The average molecular weight is 422 g/mol. The van der Waals surface area contributed by atoms with Crippen molar-refractivity contribution >= 4 is 23.3 Å². The van der Waals surface area contributed by atoms with Crippen molar-refractivity contribution in [3.8, 4) is 12.3 Å². The Hall–Kier alpha value is -4.13. The Balaban J connectivity index is 2.23. The Morgan fingerprint density at radius 3 is 2.43 bits per heavy atom. The largest absolute Gasteiger partial charge is 0.458 e. The summed E-state index contributed by atoms with van der Waals surface area (Å²) in [6.07, 6.45) is -4.22. The number of hydrogen-bond acceptors (Lipinski definition) is 8. The van der Waals surface area contributed by atoms with Gasteiger partial charge < -0.3 is 16.8 Å². The summed E-state index contributed by atoms with van der Waals surface area (Å²) < 4.78 is 66.0. The number of hydrogen-bond donors (Lipinski definition) is 4. The number of nitrogens with zero attached hydrogens (tertiary/aromatic N) is 4. The van der Waals surface area contributed by atoms with Gasteiger partial charge in [-0.3, -0.25) is 5.32 Å². The van der Waals surface area contributed by atoms with E-state index in [4.69, 9.17) is 16.7 Å². The number of benzene rings is 1. The molecule has 1 aromatic heterocycles. The molecule has 0 saturated heterocycles. The maximum atomic E-state index is 13.8. The number of anilines is 3. The molecule has 13 heteroatoms. The van der Waals surface area contributed by atoms with E-state index in [1.165, 1.54) is 6.07 Å². The molecular formula is C17H11F5N8. The van der Waals surface area contributed by atoms with Crippen LogP contribution in [0.3, 0.4) is 0 Å². The van der Waals surface area contributed by atoms with Crippen LogP contribution in [0.4, 0.5) is 39.3 Å². The van der Waals surface area contributed by atoms with E-state index >= 15 is 0 Å². The van der Waals surface area contributed by atoms with Gasteiger partial charge in [0, 0.05) is 11.1 Å². The standard InChI is InChI=1S/C17H11F5N8/c18-16(19,17(20,21)22)8-3-1-2-7(4-8)12-10-11(25)9(5-23)13(26)29-14(10)30-15(28-12)27-6-24/h1-4,12H,(H6,25,26,27,28,29,30). The average Bonchev–Trinajstić information content (AvgIpc) is 2.67. The predicted octanol–water partition coefficient (Wildman–Crippen LogP) is 2.71. The van der Waals surface area contributed by atoms with Gasteiger partial charge in [0.25, 0.3) is 0 Å². The third-order valence-electron chi connectivity index (χ3n) is 4.28. The van der Waals surface area contributed by atoms with Crippen LogP contribution in [0, 0.1) is 22.8 Å². The second-order valence-corrected chi connectivity index (χ2v) is 6.10. The number of nitrogens with one attached hydrogen (secondary N) is 2. The molecule has 0 aliphatic carbocycles. The van der Waals surface area contributed by atoms with Crippen molar-refractivity contribution in [2.24, 2.45) is 4.99 Å². The minimum absolute atomic E-state index is 0.0327. The molecule has 3 rings (SSSR count). The van der Waals surface area contributed by atoms with Crippen molar-refractivity contribution in [3.63, 3.8) is 0 Å². The van der Waals surface area contributed by atoms with Crippen LogP contribution in [0.1, 0.15) is 28.3 Å². The van der Waals surface area contributed by atoms with Crippen molar-refractivity contribution in [1.82, 2.24) is 10.3 Å². The van der Waals surface area contributed by atoms with Crippen LogP contribution in [0.2, 0.25) is 0 Å². The first-order chi connectivity index (χ1) is 14.0. The minimum Gasteiger partial charge on any atom is -0.397 e. The highest BCUT2D eigenvalue weighted by Gasteiger charge is 2.58. The van der Waals surface area contributed by atoms with E-state index in [0.717, 1.165) is 6.07 Å². The molecule has 0 bridgehead atoms. The van der Waals surface area contributed by atoms with Crippen molar-refractivity contribution in [2.45, 2.75) is 18.1 Å².